The normalized spacial score (nSPS) is 22.0. The number of aromatic nitrogens is 2. The van der Waals surface area contributed by atoms with Crippen molar-refractivity contribution in [2.75, 3.05) is 6.54 Å². The molecule has 6 nitrogen and oxygen atoms in total. The Hall–Kier alpha value is -1.98. The SMILES string of the molecule is O=C1CCN(Cc2cccnn2)C(=O)C2(CCCCC2)N1. The standard InChI is InChI=1S/C15H20N4O2/c20-13-6-10-19(11-12-5-4-9-16-18-12)14(21)15(17-13)7-2-1-3-8-15/h4-5,9H,1-3,6-8,10-11H2,(H,17,20). The average Bonchev–Trinajstić information content (AvgIpc) is 2.62. The fourth-order valence-corrected chi connectivity index (χ4v) is 3.28. The molecule has 6 heteroatoms. The van der Waals surface area contributed by atoms with Gasteiger partial charge < -0.3 is 10.2 Å². The summed E-state index contributed by atoms with van der Waals surface area (Å²) in [6, 6.07) is 3.67. The van der Waals surface area contributed by atoms with E-state index in [0.717, 1.165) is 37.8 Å². The topological polar surface area (TPSA) is 75.2 Å². The Balaban J connectivity index is 1.83. The van der Waals surface area contributed by atoms with Gasteiger partial charge in [-0.25, -0.2) is 0 Å². The predicted molar refractivity (Wildman–Crippen MR) is 76.0 cm³/mol. The highest BCUT2D eigenvalue weighted by Crippen LogP contribution is 2.31. The van der Waals surface area contributed by atoms with Crippen LogP contribution in [-0.4, -0.2) is 39.0 Å². The second kappa shape index (κ2) is 5.79. The maximum atomic E-state index is 12.9. The average molecular weight is 288 g/mol. The first kappa shape index (κ1) is 14.0. The van der Waals surface area contributed by atoms with Crippen LogP contribution in [0, 0.1) is 0 Å². The first-order valence-electron chi connectivity index (χ1n) is 7.57. The molecule has 2 aliphatic rings. The van der Waals surface area contributed by atoms with E-state index >= 15 is 0 Å². The van der Waals surface area contributed by atoms with E-state index in [9.17, 15) is 9.59 Å². The van der Waals surface area contributed by atoms with Crippen molar-refractivity contribution < 1.29 is 9.59 Å². The van der Waals surface area contributed by atoms with Gasteiger partial charge in [-0.2, -0.15) is 10.2 Å². The Labute approximate surface area is 123 Å². The molecule has 2 heterocycles. The molecule has 1 aliphatic carbocycles. The number of hydrogen-bond acceptors (Lipinski definition) is 4. The van der Waals surface area contributed by atoms with Crippen LogP contribution in [0.3, 0.4) is 0 Å². The molecule has 1 spiro atoms. The number of nitrogens with zero attached hydrogens (tertiary/aromatic N) is 3. The molecule has 0 radical (unpaired) electrons. The number of amides is 2. The Bertz CT molecular complexity index is 526. The molecule has 1 N–H and O–H groups in total. The number of rotatable bonds is 2. The van der Waals surface area contributed by atoms with Gasteiger partial charge in [0.15, 0.2) is 0 Å². The zero-order chi connectivity index (χ0) is 14.7. The smallest absolute Gasteiger partial charge is 0.248 e. The van der Waals surface area contributed by atoms with Gasteiger partial charge in [-0.1, -0.05) is 19.3 Å². The minimum atomic E-state index is -0.686. The molecular weight excluding hydrogens is 268 g/mol. The quantitative estimate of drug-likeness (QED) is 0.882. The van der Waals surface area contributed by atoms with Gasteiger partial charge >= 0.3 is 0 Å². The lowest BCUT2D eigenvalue weighted by Gasteiger charge is -2.38. The van der Waals surface area contributed by atoms with E-state index < -0.39 is 5.54 Å². The summed E-state index contributed by atoms with van der Waals surface area (Å²) in [6.07, 6.45) is 6.57. The molecule has 2 fully saturated rings. The summed E-state index contributed by atoms with van der Waals surface area (Å²) < 4.78 is 0. The zero-order valence-corrected chi connectivity index (χ0v) is 12.0. The molecule has 112 valence electrons. The second-order valence-corrected chi connectivity index (χ2v) is 5.88. The molecular formula is C15H20N4O2. The van der Waals surface area contributed by atoms with Gasteiger partial charge in [0.2, 0.25) is 11.8 Å². The lowest BCUT2D eigenvalue weighted by atomic mass is 9.80. The van der Waals surface area contributed by atoms with Crippen LogP contribution in [0.15, 0.2) is 18.3 Å². The third-order valence-electron chi connectivity index (χ3n) is 4.37. The molecule has 0 atom stereocenters. The third-order valence-corrected chi connectivity index (χ3v) is 4.37. The minimum Gasteiger partial charge on any atom is -0.342 e. The molecule has 1 saturated carbocycles. The lowest BCUT2D eigenvalue weighted by molar-refractivity contribution is -0.140. The van der Waals surface area contributed by atoms with Crippen LogP contribution in [-0.2, 0) is 16.1 Å². The first-order valence-corrected chi connectivity index (χ1v) is 7.57. The molecule has 0 aromatic carbocycles. The van der Waals surface area contributed by atoms with E-state index in [0.29, 0.717) is 19.5 Å². The summed E-state index contributed by atoms with van der Waals surface area (Å²) in [4.78, 5) is 26.7. The van der Waals surface area contributed by atoms with E-state index in [2.05, 4.69) is 15.5 Å². The number of carbonyl (C=O) groups is 2. The van der Waals surface area contributed by atoms with E-state index in [1.54, 1.807) is 11.1 Å². The largest absolute Gasteiger partial charge is 0.342 e. The van der Waals surface area contributed by atoms with E-state index in [-0.39, 0.29) is 11.8 Å². The molecule has 1 aliphatic heterocycles. The maximum absolute atomic E-state index is 12.9. The van der Waals surface area contributed by atoms with Crippen LogP contribution in [0.1, 0.15) is 44.2 Å². The molecule has 0 unspecified atom stereocenters. The third kappa shape index (κ3) is 2.89. The molecule has 0 bridgehead atoms. The number of nitrogens with one attached hydrogen (secondary N) is 1. The summed E-state index contributed by atoms with van der Waals surface area (Å²) in [5, 5.41) is 10.9. The van der Waals surface area contributed by atoms with Crippen LogP contribution in [0.25, 0.3) is 0 Å². The van der Waals surface area contributed by atoms with Crippen molar-refractivity contribution in [3.05, 3.63) is 24.0 Å². The highest BCUT2D eigenvalue weighted by Gasteiger charge is 2.45. The highest BCUT2D eigenvalue weighted by atomic mass is 16.2. The van der Waals surface area contributed by atoms with Crippen LogP contribution in [0.2, 0.25) is 0 Å². The van der Waals surface area contributed by atoms with Gasteiger partial charge in [-0.05, 0) is 25.0 Å². The van der Waals surface area contributed by atoms with Gasteiger partial charge in [0.25, 0.3) is 0 Å². The molecule has 1 saturated heterocycles. The van der Waals surface area contributed by atoms with Crippen molar-refractivity contribution in [2.24, 2.45) is 0 Å². The molecule has 1 aromatic heterocycles. The van der Waals surface area contributed by atoms with Gasteiger partial charge in [-0.3, -0.25) is 9.59 Å². The van der Waals surface area contributed by atoms with Crippen molar-refractivity contribution in [1.82, 2.24) is 20.4 Å². The van der Waals surface area contributed by atoms with Crippen LogP contribution < -0.4 is 5.32 Å². The maximum Gasteiger partial charge on any atom is 0.248 e. The van der Waals surface area contributed by atoms with Crippen molar-refractivity contribution in [3.8, 4) is 0 Å². The summed E-state index contributed by atoms with van der Waals surface area (Å²) >= 11 is 0. The van der Waals surface area contributed by atoms with Crippen molar-refractivity contribution in [1.29, 1.82) is 0 Å². The van der Waals surface area contributed by atoms with Crippen LogP contribution in [0.5, 0.6) is 0 Å². The molecule has 3 rings (SSSR count). The van der Waals surface area contributed by atoms with E-state index in [1.165, 1.54) is 0 Å². The van der Waals surface area contributed by atoms with E-state index in [4.69, 9.17) is 0 Å². The van der Waals surface area contributed by atoms with Crippen molar-refractivity contribution in [3.63, 3.8) is 0 Å². The Morgan fingerprint density at radius 2 is 2.05 bits per heavy atom. The monoisotopic (exact) mass is 288 g/mol. The van der Waals surface area contributed by atoms with Crippen LogP contribution in [0.4, 0.5) is 0 Å². The van der Waals surface area contributed by atoms with Gasteiger partial charge in [0.1, 0.15) is 5.54 Å². The summed E-state index contributed by atoms with van der Waals surface area (Å²) in [7, 11) is 0. The van der Waals surface area contributed by atoms with Crippen LogP contribution >= 0.6 is 0 Å². The van der Waals surface area contributed by atoms with Gasteiger partial charge in [-0.15, -0.1) is 0 Å². The minimum absolute atomic E-state index is 0.0214. The van der Waals surface area contributed by atoms with Gasteiger partial charge in [0.05, 0.1) is 12.2 Å². The van der Waals surface area contributed by atoms with Crippen molar-refractivity contribution in [2.45, 2.75) is 50.6 Å². The second-order valence-electron chi connectivity index (χ2n) is 5.88. The first-order chi connectivity index (χ1) is 10.2. The zero-order valence-electron chi connectivity index (χ0n) is 12.0. The molecule has 2 amide bonds. The number of carbonyl (C=O) groups excluding carboxylic acids is 2. The molecule has 21 heavy (non-hydrogen) atoms. The fraction of sp³-hybridized carbons (Fsp3) is 0.600. The fourth-order valence-electron chi connectivity index (χ4n) is 3.28. The highest BCUT2D eigenvalue weighted by molar-refractivity contribution is 5.93. The number of hydrogen-bond donors (Lipinski definition) is 1. The molecule has 1 aromatic rings. The Morgan fingerprint density at radius 3 is 2.76 bits per heavy atom. The Morgan fingerprint density at radius 1 is 1.24 bits per heavy atom. The predicted octanol–water partition coefficient (Wildman–Crippen LogP) is 1.03. The summed E-state index contributed by atoms with van der Waals surface area (Å²) in [6.45, 7) is 0.867. The van der Waals surface area contributed by atoms with E-state index in [1.807, 2.05) is 12.1 Å². The van der Waals surface area contributed by atoms with Gasteiger partial charge in [0, 0.05) is 19.2 Å². The van der Waals surface area contributed by atoms with Crippen molar-refractivity contribution >= 4 is 11.8 Å². The Kier molecular flexibility index (Phi) is 3.86. The lowest BCUT2D eigenvalue weighted by Crippen LogP contribution is -2.58. The summed E-state index contributed by atoms with van der Waals surface area (Å²) in [5.74, 6) is 0.0191. The summed E-state index contributed by atoms with van der Waals surface area (Å²) in [5.41, 5.74) is 0.0692.